The average Bonchev–Trinajstić information content (AvgIpc) is 2.84. The van der Waals surface area contributed by atoms with Crippen molar-refractivity contribution in [1.82, 2.24) is 10.1 Å². The Bertz CT molecular complexity index is 563. The molecule has 2 unspecified atom stereocenters. The molecular weight excluding hydrogens is 266 g/mol. The Labute approximate surface area is 125 Å². The first kappa shape index (κ1) is 15.5. The van der Waals surface area contributed by atoms with Crippen LogP contribution in [0, 0.1) is 6.92 Å². The first-order valence-electron chi connectivity index (χ1n) is 7.03. The molecule has 0 bridgehead atoms. The molecule has 0 aliphatic heterocycles. The third kappa shape index (κ3) is 3.83. The molecule has 0 radical (unpaired) electrons. The van der Waals surface area contributed by atoms with Gasteiger partial charge in [0.05, 0.1) is 12.8 Å². The molecule has 2 rings (SSSR count). The Morgan fingerprint density at radius 2 is 2.00 bits per heavy atom. The topological polar surface area (TPSA) is 64.5 Å². The van der Waals surface area contributed by atoms with Crippen molar-refractivity contribution in [3.05, 3.63) is 47.3 Å². The minimum atomic E-state index is -0.00334. The van der Waals surface area contributed by atoms with Gasteiger partial charge in [-0.2, -0.15) is 0 Å². The first-order chi connectivity index (χ1) is 10.0. The average molecular weight is 289 g/mol. The van der Waals surface area contributed by atoms with Crippen LogP contribution >= 0.6 is 0 Å². The predicted molar refractivity (Wildman–Crippen MR) is 82.1 cm³/mol. The third-order valence-electron chi connectivity index (χ3n) is 3.52. The molecule has 2 aromatic rings. The van der Waals surface area contributed by atoms with E-state index in [-0.39, 0.29) is 12.1 Å². The number of nitrogens with zero attached hydrogens (tertiary/aromatic N) is 2. The maximum atomic E-state index is 6.18. The number of nitrogens with two attached hydrogens (primary N) is 1. The quantitative estimate of drug-likeness (QED) is 0.885. The van der Waals surface area contributed by atoms with Gasteiger partial charge in [-0.15, -0.1) is 0 Å². The molecular formula is C16H23N3O2. The van der Waals surface area contributed by atoms with Gasteiger partial charge >= 0.3 is 0 Å². The second-order valence-corrected chi connectivity index (χ2v) is 5.42. The summed E-state index contributed by atoms with van der Waals surface area (Å²) in [5, 5.41) is 4.04. The Hall–Kier alpha value is -1.85. The van der Waals surface area contributed by atoms with Crippen molar-refractivity contribution >= 4 is 0 Å². The Balaban J connectivity index is 2.16. The van der Waals surface area contributed by atoms with E-state index in [9.17, 15) is 0 Å². The fraction of sp³-hybridized carbons (Fsp3) is 0.438. The minimum Gasteiger partial charge on any atom is -0.497 e. The Morgan fingerprint density at radius 1 is 1.33 bits per heavy atom. The normalized spacial score (nSPS) is 14.2. The Morgan fingerprint density at radius 3 is 2.48 bits per heavy atom. The second kappa shape index (κ2) is 6.74. The van der Waals surface area contributed by atoms with E-state index in [0.717, 1.165) is 22.8 Å². The molecule has 1 aromatic carbocycles. The van der Waals surface area contributed by atoms with Crippen molar-refractivity contribution in [2.75, 3.05) is 14.2 Å². The zero-order valence-corrected chi connectivity index (χ0v) is 13.0. The van der Waals surface area contributed by atoms with Crippen molar-refractivity contribution in [3.63, 3.8) is 0 Å². The Kier molecular flexibility index (Phi) is 4.98. The van der Waals surface area contributed by atoms with Gasteiger partial charge in [-0.05, 0) is 38.6 Å². The highest BCUT2D eigenvalue weighted by atomic mass is 16.5. The predicted octanol–water partition coefficient (Wildman–Crippen LogP) is 2.51. The van der Waals surface area contributed by atoms with E-state index < -0.39 is 0 Å². The number of methoxy groups -OCH3 is 1. The minimum absolute atomic E-state index is 0.00334. The molecule has 1 aromatic heterocycles. The van der Waals surface area contributed by atoms with Gasteiger partial charge in [-0.3, -0.25) is 4.90 Å². The van der Waals surface area contributed by atoms with Crippen LogP contribution in [0.5, 0.6) is 5.75 Å². The van der Waals surface area contributed by atoms with E-state index in [0.29, 0.717) is 6.54 Å². The SMILES string of the molecule is COc1ccc(C(C(C)N)N(C)Cc2cc(C)on2)cc1. The van der Waals surface area contributed by atoms with E-state index in [1.54, 1.807) is 7.11 Å². The fourth-order valence-corrected chi connectivity index (χ4v) is 2.61. The number of aromatic nitrogens is 1. The highest BCUT2D eigenvalue weighted by Gasteiger charge is 2.22. The van der Waals surface area contributed by atoms with Crippen LogP contribution in [0.25, 0.3) is 0 Å². The van der Waals surface area contributed by atoms with Crippen LogP contribution in [-0.2, 0) is 6.54 Å². The second-order valence-electron chi connectivity index (χ2n) is 5.42. The van der Waals surface area contributed by atoms with Crippen LogP contribution in [0.15, 0.2) is 34.9 Å². The van der Waals surface area contributed by atoms with Crippen LogP contribution in [0.4, 0.5) is 0 Å². The van der Waals surface area contributed by atoms with Crippen molar-refractivity contribution < 1.29 is 9.26 Å². The molecule has 2 atom stereocenters. The molecule has 0 saturated heterocycles. The molecule has 0 spiro atoms. The van der Waals surface area contributed by atoms with Crippen LogP contribution in [0.3, 0.4) is 0 Å². The van der Waals surface area contributed by atoms with Gasteiger partial charge in [0.2, 0.25) is 0 Å². The van der Waals surface area contributed by atoms with Gasteiger partial charge in [-0.1, -0.05) is 17.3 Å². The number of likely N-dealkylation sites (N-methyl/N-ethyl adjacent to an activating group) is 1. The van der Waals surface area contributed by atoms with Crippen LogP contribution in [-0.4, -0.2) is 30.3 Å². The number of ether oxygens (including phenoxy) is 1. The van der Waals surface area contributed by atoms with Crippen molar-refractivity contribution in [2.45, 2.75) is 32.5 Å². The lowest BCUT2D eigenvalue weighted by atomic mass is 9.99. The third-order valence-corrected chi connectivity index (χ3v) is 3.52. The molecule has 0 saturated carbocycles. The van der Waals surface area contributed by atoms with Gasteiger partial charge in [-0.25, -0.2) is 0 Å². The summed E-state index contributed by atoms with van der Waals surface area (Å²) >= 11 is 0. The van der Waals surface area contributed by atoms with Gasteiger partial charge in [0.1, 0.15) is 11.5 Å². The number of rotatable bonds is 6. The maximum absolute atomic E-state index is 6.18. The van der Waals surface area contributed by atoms with E-state index in [2.05, 4.69) is 22.2 Å². The van der Waals surface area contributed by atoms with Crippen LogP contribution in [0.2, 0.25) is 0 Å². The molecule has 0 fully saturated rings. The van der Waals surface area contributed by atoms with E-state index in [1.165, 1.54) is 0 Å². The zero-order chi connectivity index (χ0) is 15.4. The summed E-state index contributed by atoms with van der Waals surface area (Å²) in [6.07, 6.45) is 0. The lowest BCUT2D eigenvalue weighted by Crippen LogP contribution is -2.37. The summed E-state index contributed by atoms with van der Waals surface area (Å²) < 4.78 is 10.3. The maximum Gasteiger partial charge on any atom is 0.133 e. The van der Waals surface area contributed by atoms with Gasteiger partial charge in [0.25, 0.3) is 0 Å². The lowest BCUT2D eigenvalue weighted by molar-refractivity contribution is 0.205. The van der Waals surface area contributed by atoms with E-state index in [4.69, 9.17) is 15.0 Å². The van der Waals surface area contributed by atoms with Gasteiger partial charge in [0, 0.05) is 24.7 Å². The van der Waals surface area contributed by atoms with Gasteiger partial charge in [0.15, 0.2) is 0 Å². The largest absolute Gasteiger partial charge is 0.497 e. The first-order valence-corrected chi connectivity index (χ1v) is 7.03. The molecule has 0 amide bonds. The highest BCUT2D eigenvalue weighted by Crippen LogP contribution is 2.25. The van der Waals surface area contributed by atoms with Crippen LogP contribution < -0.4 is 10.5 Å². The van der Waals surface area contributed by atoms with E-state index in [1.807, 2.05) is 39.1 Å². The van der Waals surface area contributed by atoms with Crippen LogP contribution in [0.1, 0.15) is 30.0 Å². The summed E-state index contributed by atoms with van der Waals surface area (Å²) in [7, 11) is 3.71. The smallest absolute Gasteiger partial charge is 0.133 e. The lowest BCUT2D eigenvalue weighted by Gasteiger charge is -2.31. The van der Waals surface area contributed by atoms with Crippen molar-refractivity contribution in [2.24, 2.45) is 5.73 Å². The zero-order valence-electron chi connectivity index (χ0n) is 13.0. The van der Waals surface area contributed by atoms with E-state index >= 15 is 0 Å². The summed E-state index contributed by atoms with van der Waals surface area (Å²) in [6, 6.07) is 10.1. The number of benzene rings is 1. The molecule has 114 valence electrons. The summed E-state index contributed by atoms with van der Waals surface area (Å²) in [5.74, 6) is 1.66. The molecule has 0 aliphatic carbocycles. The summed E-state index contributed by atoms with van der Waals surface area (Å²) in [6.45, 7) is 4.60. The van der Waals surface area contributed by atoms with Crippen molar-refractivity contribution in [1.29, 1.82) is 0 Å². The fourth-order valence-electron chi connectivity index (χ4n) is 2.61. The summed E-state index contributed by atoms with van der Waals surface area (Å²) in [5.41, 5.74) is 8.25. The highest BCUT2D eigenvalue weighted by molar-refractivity contribution is 5.30. The molecule has 0 aliphatic rings. The molecule has 2 N–H and O–H groups in total. The molecule has 5 nitrogen and oxygen atoms in total. The number of hydrogen-bond donors (Lipinski definition) is 1. The monoisotopic (exact) mass is 289 g/mol. The number of aryl methyl sites for hydroxylation is 1. The molecule has 5 heteroatoms. The standard InChI is InChI=1S/C16H23N3O2/c1-11-9-14(18-21-11)10-19(3)16(12(2)17)13-5-7-15(20-4)8-6-13/h5-9,12,16H,10,17H2,1-4H3. The number of hydrogen-bond acceptors (Lipinski definition) is 5. The molecule has 21 heavy (non-hydrogen) atoms. The van der Waals surface area contributed by atoms with Gasteiger partial charge < -0.3 is 15.0 Å². The summed E-state index contributed by atoms with van der Waals surface area (Å²) in [4.78, 5) is 2.18. The molecule has 1 heterocycles. The van der Waals surface area contributed by atoms with Crippen molar-refractivity contribution in [3.8, 4) is 5.75 Å².